The molecule has 2 amide bonds. The Morgan fingerprint density at radius 3 is 1.53 bits per heavy atom. The first-order valence-corrected chi connectivity index (χ1v) is 20.0. The fourth-order valence-corrected chi connectivity index (χ4v) is 5.13. The van der Waals surface area contributed by atoms with E-state index < -0.39 is 12.0 Å². The Hall–Kier alpha value is -1.73. The highest BCUT2D eigenvalue weighted by atomic mass is 32.1. The summed E-state index contributed by atoms with van der Waals surface area (Å²) in [5.41, 5.74) is 5.42. The predicted molar refractivity (Wildman–Crippen MR) is 213 cm³/mol. The molecule has 1 atom stereocenters. The highest BCUT2D eigenvalue weighted by Gasteiger charge is 2.11. The molecule has 0 aliphatic carbocycles. The Morgan fingerprint density at radius 1 is 0.529 bits per heavy atom. The van der Waals surface area contributed by atoms with E-state index in [9.17, 15) is 19.2 Å². The van der Waals surface area contributed by atoms with E-state index in [1.54, 1.807) is 0 Å². The normalized spacial score (nSPS) is 11.2. The average molecular weight is 750 g/mol. The van der Waals surface area contributed by atoms with Gasteiger partial charge in [-0.3, -0.25) is 19.2 Å². The third-order valence-electron chi connectivity index (χ3n) is 8.18. The molecule has 5 N–H and O–H groups in total. The Labute approximate surface area is 318 Å². The van der Waals surface area contributed by atoms with Gasteiger partial charge in [-0.15, -0.1) is 0 Å². The number of unbranched alkanes of at least 4 members (excludes halogenated alkanes) is 14. The molecule has 0 radical (unpaired) electrons. The Morgan fingerprint density at radius 2 is 1.00 bits per heavy atom. The first-order valence-electron chi connectivity index (χ1n) is 20.0. The van der Waals surface area contributed by atoms with Crippen LogP contribution in [0.3, 0.4) is 0 Å². The number of aliphatic carboxylic acids is 1. The van der Waals surface area contributed by atoms with E-state index in [4.69, 9.17) is 25.1 Å². The molecule has 51 heavy (non-hydrogen) atoms. The highest BCUT2D eigenvalue weighted by Crippen LogP contribution is 2.13. The van der Waals surface area contributed by atoms with Crippen molar-refractivity contribution in [3.63, 3.8) is 0 Å². The summed E-state index contributed by atoms with van der Waals surface area (Å²) in [7, 11) is 0. The summed E-state index contributed by atoms with van der Waals surface area (Å²) < 4.78 is 16.1. The number of hydrogen-bond acceptors (Lipinski definition) is 8. The Bertz CT molecular complexity index is 792. The summed E-state index contributed by atoms with van der Waals surface area (Å²) in [6.07, 6.45) is 23.5. The number of carboxylic acid groups (broad SMARTS) is 1. The molecule has 0 spiro atoms. The molecule has 0 unspecified atom stereocenters. The molecule has 0 aromatic heterocycles. The van der Waals surface area contributed by atoms with Crippen LogP contribution in [0, 0.1) is 0 Å². The monoisotopic (exact) mass is 750 g/mol. The summed E-state index contributed by atoms with van der Waals surface area (Å²) in [6, 6.07) is -0.835. The summed E-state index contributed by atoms with van der Waals surface area (Å²) in [4.78, 5) is 45.4. The van der Waals surface area contributed by atoms with E-state index in [1.807, 2.05) is 6.92 Å². The second kappa shape index (κ2) is 44.4. The topological polar surface area (TPSA) is 166 Å². The number of carbonyl (C=O) groups excluding carboxylic acids is 3. The number of hydrogen-bond donors (Lipinski definition) is 4. The van der Waals surface area contributed by atoms with Crippen molar-refractivity contribution < 1.29 is 38.5 Å². The van der Waals surface area contributed by atoms with Gasteiger partial charge in [-0.05, 0) is 39.0 Å². The molecule has 0 aromatic carbocycles. The van der Waals surface area contributed by atoms with Crippen LogP contribution in [0.1, 0.15) is 168 Å². The first-order chi connectivity index (χ1) is 24.3. The van der Waals surface area contributed by atoms with E-state index in [0.29, 0.717) is 78.1 Å². The lowest BCUT2D eigenvalue weighted by Crippen LogP contribution is -2.29. The summed E-state index contributed by atoms with van der Waals surface area (Å²) in [5.74, 6) is -0.862. The number of amides is 2. The van der Waals surface area contributed by atoms with Crippen LogP contribution in [0.5, 0.6) is 0 Å². The van der Waals surface area contributed by atoms with Crippen molar-refractivity contribution >= 4 is 37.1 Å². The van der Waals surface area contributed by atoms with E-state index in [1.165, 1.54) is 77.0 Å². The molecule has 0 heterocycles. The molecule has 0 saturated heterocycles. The second-order valence-corrected chi connectivity index (χ2v) is 13.1. The van der Waals surface area contributed by atoms with Gasteiger partial charge in [0.1, 0.15) is 11.8 Å². The molecule has 0 aliphatic heterocycles. The molecular weight excluding hydrogens is 671 g/mol. The lowest BCUT2D eigenvalue weighted by molar-refractivity contribution is -0.138. The zero-order chi connectivity index (χ0) is 37.3. The van der Waals surface area contributed by atoms with Crippen LogP contribution in [0.2, 0.25) is 0 Å². The van der Waals surface area contributed by atoms with Gasteiger partial charge in [-0.2, -0.15) is 13.5 Å². The maximum atomic E-state index is 11.8. The van der Waals surface area contributed by atoms with E-state index in [2.05, 4.69) is 24.5 Å². The molecule has 304 valence electrons. The maximum absolute atomic E-state index is 11.8. The molecule has 0 aromatic rings. The SMILES string of the molecule is CCCCCCCCCCCCCCCC(=O)NCC.CCCOCCOCCOCCCNC(=O)CCC(=O)CCCCC[C@H](N)C(=O)O.S. The van der Waals surface area contributed by atoms with Crippen LogP contribution in [0.15, 0.2) is 0 Å². The Kier molecular flexibility index (Phi) is 46.7. The van der Waals surface area contributed by atoms with E-state index in [-0.39, 0.29) is 43.9 Å². The second-order valence-electron chi connectivity index (χ2n) is 13.1. The van der Waals surface area contributed by atoms with Crippen molar-refractivity contribution in [1.82, 2.24) is 10.6 Å². The van der Waals surface area contributed by atoms with Crippen LogP contribution in [-0.4, -0.2) is 87.4 Å². The molecule has 0 rings (SSSR count). The number of nitrogens with one attached hydrogen (secondary N) is 2. The number of rotatable bonds is 37. The summed E-state index contributed by atoms with van der Waals surface area (Å²) in [6.45, 7) is 11.1. The lowest BCUT2D eigenvalue weighted by Gasteiger charge is -2.07. The number of carbonyl (C=O) groups is 4. The quantitative estimate of drug-likeness (QED) is 0.0474. The maximum Gasteiger partial charge on any atom is 0.320 e. The molecule has 0 bridgehead atoms. The van der Waals surface area contributed by atoms with Crippen molar-refractivity contribution in [2.24, 2.45) is 5.73 Å². The number of Topliss-reactive ketones (excluding diaryl/α,β-unsaturated/α-hetero) is 1. The number of nitrogens with two attached hydrogens (primary N) is 1. The van der Waals surface area contributed by atoms with Crippen LogP contribution in [-0.2, 0) is 33.4 Å². The van der Waals surface area contributed by atoms with Crippen molar-refractivity contribution in [3.8, 4) is 0 Å². The highest BCUT2D eigenvalue weighted by molar-refractivity contribution is 7.59. The fraction of sp³-hybridized carbons (Fsp3) is 0.897. The average Bonchev–Trinajstić information content (AvgIpc) is 3.10. The lowest BCUT2D eigenvalue weighted by atomic mass is 10.0. The van der Waals surface area contributed by atoms with Crippen molar-refractivity contribution in [1.29, 1.82) is 0 Å². The standard InChI is InChI=1S/C21H40N2O7.C18H37NO.H2S/c1-2-12-28-14-16-30-17-15-29-13-6-11-23-20(25)10-9-18(24)7-4-3-5-8-19(22)21(26)27;1-3-5-6-7-8-9-10-11-12-13-14-15-16-17-18(20)19-4-2;/h19H,2-17,22H2,1H3,(H,23,25)(H,26,27);3-17H2,1-2H3,(H,19,20);1H2/t19-;;/m0../s1. The molecule has 0 saturated carbocycles. The zero-order valence-electron chi connectivity index (χ0n) is 32.9. The number of ether oxygens (including phenoxy) is 3. The van der Waals surface area contributed by atoms with Crippen molar-refractivity contribution in [2.45, 2.75) is 174 Å². The molecular formula is C39H79N3O8S. The first kappa shape index (κ1) is 53.6. The van der Waals surface area contributed by atoms with Gasteiger partial charge in [0.25, 0.3) is 0 Å². The largest absolute Gasteiger partial charge is 0.480 e. The van der Waals surface area contributed by atoms with Crippen LogP contribution >= 0.6 is 13.5 Å². The van der Waals surface area contributed by atoms with Gasteiger partial charge < -0.3 is 35.7 Å². The molecule has 0 fully saturated rings. The number of ketones is 1. The van der Waals surface area contributed by atoms with Gasteiger partial charge in [0.2, 0.25) is 11.8 Å². The van der Waals surface area contributed by atoms with E-state index in [0.717, 1.165) is 32.4 Å². The van der Waals surface area contributed by atoms with E-state index >= 15 is 0 Å². The van der Waals surface area contributed by atoms with Crippen LogP contribution in [0.25, 0.3) is 0 Å². The minimum Gasteiger partial charge on any atom is -0.480 e. The smallest absolute Gasteiger partial charge is 0.320 e. The van der Waals surface area contributed by atoms with Gasteiger partial charge in [0.15, 0.2) is 0 Å². The summed E-state index contributed by atoms with van der Waals surface area (Å²) in [5, 5.41) is 14.3. The third-order valence-corrected chi connectivity index (χ3v) is 8.18. The fourth-order valence-electron chi connectivity index (χ4n) is 5.13. The van der Waals surface area contributed by atoms with Crippen molar-refractivity contribution in [3.05, 3.63) is 0 Å². The van der Waals surface area contributed by atoms with Gasteiger partial charge in [-0.1, -0.05) is 104 Å². The van der Waals surface area contributed by atoms with Gasteiger partial charge in [-0.25, -0.2) is 0 Å². The Balaban J connectivity index is -0.000000957. The van der Waals surface area contributed by atoms with Crippen LogP contribution in [0.4, 0.5) is 0 Å². The zero-order valence-corrected chi connectivity index (χ0v) is 33.9. The molecule has 11 nitrogen and oxygen atoms in total. The molecule has 0 aliphatic rings. The van der Waals surface area contributed by atoms with Gasteiger partial charge >= 0.3 is 5.97 Å². The predicted octanol–water partition coefficient (Wildman–Crippen LogP) is 7.38. The summed E-state index contributed by atoms with van der Waals surface area (Å²) >= 11 is 0. The van der Waals surface area contributed by atoms with Gasteiger partial charge in [0, 0.05) is 52.0 Å². The van der Waals surface area contributed by atoms with Crippen LogP contribution < -0.4 is 16.4 Å². The third kappa shape index (κ3) is 46.2. The minimum atomic E-state index is -0.999. The van der Waals surface area contributed by atoms with Crippen molar-refractivity contribution in [2.75, 3.05) is 52.7 Å². The number of carboxylic acids is 1. The minimum absolute atomic E-state index is 0. The van der Waals surface area contributed by atoms with Gasteiger partial charge in [0.05, 0.1) is 26.4 Å². The molecule has 12 heteroatoms.